The number of hydrogen-bond acceptors (Lipinski definition) is 4. The van der Waals surface area contributed by atoms with Gasteiger partial charge in [-0.05, 0) is 32.4 Å². The molecule has 17 heavy (non-hydrogen) atoms. The van der Waals surface area contributed by atoms with E-state index in [1.54, 1.807) is 6.20 Å². The molecule has 0 fully saturated rings. The van der Waals surface area contributed by atoms with Gasteiger partial charge in [-0.1, -0.05) is 0 Å². The number of nitrogens with one attached hydrogen (secondary N) is 2. The summed E-state index contributed by atoms with van der Waals surface area (Å²) in [5.74, 6) is 0.668. The molecule has 0 radical (unpaired) electrons. The van der Waals surface area contributed by atoms with Crippen LogP contribution in [0.4, 0.5) is 11.5 Å². The topological polar surface area (TPSA) is 80.0 Å². The van der Waals surface area contributed by atoms with Gasteiger partial charge in [0.1, 0.15) is 5.82 Å². The van der Waals surface area contributed by atoms with Crippen LogP contribution in [0, 0.1) is 6.92 Å². The number of amides is 1. The average Bonchev–Trinajstić information content (AvgIpc) is 2.23. The fourth-order valence-electron chi connectivity index (χ4n) is 1.40. The van der Waals surface area contributed by atoms with Crippen molar-refractivity contribution in [2.75, 3.05) is 17.6 Å². The van der Waals surface area contributed by atoms with E-state index in [2.05, 4.69) is 15.6 Å². The van der Waals surface area contributed by atoms with E-state index < -0.39 is 0 Å². The number of rotatable bonds is 5. The predicted octanol–water partition coefficient (Wildman–Crippen LogP) is 1.30. The normalized spacial score (nSPS) is 10.4. The van der Waals surface area contributed by atoms with Gasteiger partial charge in [-0.15, -0.1) is 0 Å². The number of aromatic nitrogens is 1. The lowest BCUT2D eigenvalue weighted by Crippen LogP contribution is -2.31. The highest BCUT2D eigenvalue weighted by Crippen LogP contribution is 2.18. The molecule has 94 valence electrons. The molecule has 0 unspecified atom stereocenters. The van der Waals surface area contributed by atoms with Gasteiger partial charge in [-0.3, -0.25) is 4.79 Å². The third-order valence-corrected chi connectivity index (χ3v) is 2.30. The highest BCUT2D eigenvalue weighted by Gasteiger charge is 2.05. The first-order valence-corrected chi connectivity index (χ1v) is 5.75. The van der Waals surface area contributed by atoms with Crippen LogP contribution in [0.5, 0.6) is 0 Å². The van der Waals surface area contributed by atoms with Crippen LogP contribution in [0.3, 0.4) is 0 Å². The largest absolute Gasteiger partial charge is 0.396 e. The second-order valence-corrected chi connectivity index (χ2v) is 4.29. The van der Waals surface area contributed by atoms with E-state index >= 15 is 0 Å². The Bertz CT molecular complexity index is 390. The molecule has 0 spiro atoms. The fraction of sp³-hybridized carbons (Fsp3) is 0.500. The molecule has 0 saturated heterocycles. The molecule has 0 aliphatic carbocycles. The zero-order valence-electron chi connectivity index (χ0n) is 10.6. The minimum Gasteiger partial charge on any atom is -0.396 e. The van der Waals surface area contributed by atoms with Crippen molar-refractivity contribution in [3.05, 3.63) is 17.8 Å². The summed E-state index contributed by atoms with van der Waals surface area (Å²) in [6.45, 7) is 6.32. The van der Waals surface area contributed by atoms with Gasteiger partial charge in [0.15, 0.2) is 0 Å². The summed E-state index contributed by atoms with van der Waals surface area (Å²) in [6, 6.07) is 2.02. The molecule has 0 aliphatic heterocycles. The van der Waals surface area contributed by atoms with Crippen molar-refractivity contribution in [1.29, 1.82) is 0 Å². The third kappa shape index (κ3) is 4.30. The number of carbonyl (C=O) groups is 1. The second kappa shape index (κ2) is 6.08. The molecule has 5 heteroatoms. The lowest BCUT2D eigenvalue weighted by Gasteiger charge is -2.11. The lowest BCUT2D eigenvalue weighted by molar-refractivity contribution is -0.121. The van der Waals surface area contributed by atoms with Crippen molar-refractivity contribution >= 4 is 17.4 Å². The Balaban J connectivity index is 2.41. The predicted molar refractivity (Wildman–Crippen MR) is 69.8 cm³/mol. The molecule has 4 N–H and O–H groups in total. The van der Waals surface area contributed by atoms with Gasteiger partial charge in [0.05, 0.1) is 5.69 Å². The van der Waals surface area contributed by atoms with Crippen LogP contribution in [-0.4, -0.2) is 23.5 Å². The van der Waals surface area contributed by atoms with Gasteiger partial charge in [0.2, 0.25) is 5.91 Å². The summed E-state index contributed by atoms with van der Waals surface area (Å²) in [6.07, 6.45) is 2.11. The summed E-state index contributed by atoms with van der Waals surface area (Å²) in [5, 5.41) is 5.89. The van der Waals surface area contributed by atoms with Gasteiger partial charge < -0.3 is 16.4 Å². The second-order valence-electron chi connectivity index (χ2n) is 4.29. The number of aryl methyl sites for hydroxylation is 1. The fourth-order valence-corrected chi connectivity index (χ4v) is 1.40. The summed E-state index contributed by atoms with van der Waals surface area (Å²) in [4.78, 5) is 15.5. The SMILES string of the molecule is Cc1ccnc(NCCC(=O)NC(C)C)c1N. The van der Waals surface area contributed by atoms with E-state index in [-0.39, 0.29) is 11.9 Å². The number of hydrogen-bond donors (Lipinski definition) is 3. The Morgan fingerprint density at radius 3 is 2.88 bits per heavy atom. The van der Waals surface area contributed by atoms with E-state index in [9.17, 15) is 4.79 Å². The van der Waals surface area contributed by atoms with E-state index in [1.807, 2.05) is 26.8 Å². The summed E-state index contributed by atoms with van der Waals surface area (Å²) in [5.41, 5.74) is 7.47. The Hall–Kier alpha value is -1.78. The monoisotopic (exact) mass is 236 g/mol. The first-order valence-electron chi connectivity index (χ1n) is 5.75. The van der Waals surface area contributed by atoms with Crippen molar-refractivity contribution in [1.82, 2.24) is 10.3 Å². The molecule has 1 aromatic rings. The highest BCUT2D eigenvalue weighted by atomic mass is 16.1. The molecule has 1 rings (SSSR count). The van der Waals surface area contributed by atoms with Gasteiger partial charge in [0, 0.05) is 25.2 Å². The minimum atomic E-state index is 0.0266. The number of nitrogen functional groups attached to an aromatic ring is 1. The van der Waals surface area contributed by atoms with Crippen LogP contribution in [0.25, 0.3) is 0 Å². The van der Waals surface area contributed by atoms with E-state index in [1.165, 1.54) is 0 Å². The van der Waals surface area contributed by atoms with Crippen LogP contribution in [0.15, 0.2) is 12.3 Å². The van der Waals surface area contributed by atoms with Crippen LogP contribution < -0.4 is 16.4 Å². The lowest BCUT2D eigenvalue weighted by atomic mass is 10.2. The Kier molecular flexibility index (Phi) is 4.75. The molecule has 0 aromatic carbocycles. The molecule has 0 bridgehead atoms. The minimum absolute atomic E-state index is 0.0266. The Morgan fingerprint density at radius 2 is 2.24 bits per heavy atom. The summed E-state index contributed by atoms with van der Waals surface area (Å²) in [7, 11) is 0. The Labute approximate surface area is 102 Å². The maximum Gasteiger partial charge on any atom is 0.221 e. The average molecular weight is 236 g/mol. The smallest absolute Gasteiger partial charge is 0.221 e. The van der Waals surface area contributed by atoms with Gasteiger partial charge in [-0.2, -0.15) is 0 Å². The maximum atomic E-state index is 11.4. The zero-order valence-corrected chi connectivity index (χ0v) is 10.6. The van der Waals surface area contributed by atoms with Crippen LogP contribution in [0.2, 0.25) is 0 Å². The van der Waals surface area contributed by atoms with Crippen LogP contribution in [0.1, 0.15) is 25.8 Å². The van der Waals surface area contributed by atoms with Crippen molar-refractivity contribution in [3.8, 4) is 0 Å². The first kappa shape index (κ1) is 13.3. The summed E-state index contributed by atoms with van der Waals surface area (Å²) >= 11 is 0. The van der Waals surface area contributed by atoms with Gasteiger partial charge in [-0.25, -0.2) is 4.98 Å². The van der Waals surface area contributed by atoms with E-state index in [0.29, 0.717) is 24.5 Å². The van der Waals surface area contributed by atoms with Crippen molar-refractivity contribution in [3.63, 3.8) is 0 Å². The Morgan fingerprint density at radius 1 is 1.53 bits per heavy atom. The van der Waals surface area contributed by atoms with E-state index in [0.717, 1.165) is 5.56 Å². The number of carbonyl (C=O) groups excluding carboxylic acids is 1. The van der Waals surface area contributed by atoms with E-state index in [4.69, 9.17) is 5.73 Å². The van der Waals surface area contributed by atoms with Crippen molar-refractivity contribution in [2.45, 2.75) is 33.2 Å². The molecular weight excluding hydrogens is 216 g/mol. The molecule has 5 nitrogen and oxygen atoms in total. The third-order valence-electron chi connectivity index (χ3n) is 2.30. The van der Waals surface area contributed by atoms with Gasteiger partial charge >= 0.3 is 0 Å². The number of nitrogens with zero attached hydrogens (tertiary/aromatic N) is 1. The number of anilines is 2. The molecule has 0 aliphatic rings. The molecule has 1 heterocycles. The highest BCUT2D eigenvalue weighted by molar-refractivity contribution is 5.77. The molecular formula is C12H20N4O. The zero-order chi connectivity index (χ0) is 12.8. The molecule has 0 atom stereocenters. The molecule has 1 amide bonds. The first-order chi connectivity index (χ1) is 8.00. The van der Waals surface area contributed by atoms with Crippen molar-refractivity contribution < 1.29 is 4.79 Å². The molecule has 0 saturated carbocycles. The molecule has 1 aromatic heterocycles. The number of nitrogens with two attached hydrogens (primary N) is 1. The van der Waals surface area contributed by atoms with Crippen LogP contribution in [-0.2, 0) is 4.79 Å². The summed E-state index contributed by atoms with van der Waals surface area (Å²) < 4.78 is 0. The standard InChI is InChI=1S/C12H20N4O/c1-8(2)16-10(17)5-7-15-12-11(13)9(3)4-6-14-12/h4,6,8H,5,7,13H2,1-3H3,(H,14,15)(H,16,17). The van der Waals surface area contributed by atoms with Gasteiger partial charge in [0.25, 0.3) is 0 Å². The maximum absolute atomic E-state index is 11.4. The quantitative estimate of drug-likeness (QED) is 0.720. The van der Waals surface area contributed by atoms with Crippen LogP contribution >= 0.6 is 0 Å². The number of pyridine rings is 1. The van der Waals surface area contributed by atoms with Crippen molar-refractivity contribution in [2.24, 2.45) is 0 Å².